The fourth-order valence-corrected chi connectivity index (χ4v) is 3.78. The Morgan fingerprint density at radius 2 is 1.89 bits per heavy atom. The van der Waals surface area contributed by atoms with Crippen LogP contribution in [0.2, 0.25) is 0 Å². The Balaban J connectivity index is 1.72. The lowest BCUT2D eigenvalue weighted by molar-refractivity contribution is -0.118. The van der Waals surface area contributed by atoms with Gasteiger partial charge in [0.05, 0.1) is 18.9 Å². The lowest BCUT2D eigenvalue weighted by Gasteiger charge is -2.27. The monoisotopic (exact) mass is 392 g/mol. The van der Waals surface area contributed by atoms with Crippen molar-refractivity contribution in [2.24, 2.45) is 4.40 Å². The molecule has 0 aromatic heterocycles. The molecular weight excluding hydrogens is 368 g/mol. The van der Waals surface area contributed by atoms with E-state index in [9.17, 15) is 13.2 Å². The van der Waals surface area contributed by atoms with Crippen LogP contribution in [0.4, 0.5) is 0 Å². The van der Waals surface area contributed by atoms with Crippen LogP contribution in [-0.4, -0.2) is 75.7 Å². The normalized spacial score (nSPS) is 20.0. The molecule has 146 valence electrons. The van der Waals surface area contributed by atoms with Crippen LogP contribution in [0.25, 0.3) is 0 Å². The molecule has 1 saturated heterocycles. The molecule has 2 aliphatic heterocycles. The summed E-state index contributed by atoms with van der Waals surface area (Å²) in [6.45, 7) is 6.11. The van der Waals surface area contributed by atoms with E-state index in [0.717, 1.165) is 23.0 Å². The second-order valence-electron chi connectivity index (χ2n) is 6.53. The van der Waals surface area contributed by atoms with Crippen molar-refractivity contribution in [3.05, 3.63) is 47.2 Å². The maximum Gasteiger partial charge on any atom is 0.345 e. The number of nitrogens with one attached hydrogen (secondary N) is 1. The Morgan fingerprint density at radius 1 is 1.22 bits per heavy atom. The molecule has 1 aromatic rings. The minimum Gasteiger partial charge on any atom is -0.379 e. The van der Waals surface area contributed by atoms with E-state index < -0.39 is 16.1 Å². The van der Waals surface area contributed by atoms with Crippen molar-refractivity contribution in [1.29, 1.82) is 0 Å². The largest absolute Gasteiger partial charge is 0.379 e. The number of rotatable bonds is 5. The number of benzene rings is 1. The predicted octanol–water partition coefficient (Wildman–Crippen LogP) is 0.307. The van der Waals surface area contributed by atoms with Crippen molar-refractivity contribution in [2.45, 2.75) is 6.92 Å². The number of likely N-dealkylation sites (N-methyl/N-ethyl adjacent to an activating group) is 1. The van der Waals surface area contributed by atoms with Gasteiger partial charge in [0, 0.05) is 38.8 Å². The van der Waals surface area contributed by atoms with Gasteiger partial charge in [-0.3, -0.25) is 9.69 Å². The van der Waals surface area contributed by atoms with Gasteiger partial charge < -0.3 is 10.1 Å². The minimum absolute atomic E-state index is 0.0579. The van der Waals surface area contributed by atoms with E-state index in [1.165, 1.54) is 13.1 Å². The fraction of sp³-hybridized carbons (Fsp3) is 0.444. The molecule has 1 aromatic carbocycles. The van der Waals surface area contributed by atoms with Crippen molar-refractivity contribution in [1.82, 2.24) is 14.5 Å². The van der Waals surface area contributed by atoms with Crippen molar-refractivity contribution in [3.8, 4) is 0 Å². The van der Waals surface area contributed by atoms with E-state index in [4.69, 9.17) is 4.74 Å². The van der Waals surface area contributed by atoms with Crippen LogP contribution in [-0.2, 0) is 19.7 Å². The summed E-state index contributed by atoms with van der Waals surface area (Å²) in [5.74, 6) is -0.436. The number of carbonyl (C=O) groups excluding carboxylic acids is 1. The molecule has 0 unspecified atom stereocenters. The average Bonchev–Trinajstić information content (AvgIpc) is 2.65. The number of hydrogen-bond donors (Lipinski definition) is 1. The van der Waals surface area contributed by atoms with E-state index in [1.54, 1.807) is 12.1 Å². The number of ether oxygens (including phenoxy) is 1. The van der Waals surface area contributed by atoms with Crippen molar-refractivity contribution >= 4 is 21.8 Å². The molecule has 3 rings (SSSR count). The summed E-state index contributed by atoms with van der Waals surface area (Å²) >= 11 is 0. The summed E-state index contributed by atoms with van der Waals surface area (Å²) in [6.07, 6.45) is 1.51. The average molecular weight is 392 g/mol. The molecule has 27 heavy (non-hydrogen) atoms. The van der Waals surface area contributed by atoms with Gasteiger partial charge >= 0.3 is 10.2 Å². The molecule has 8 nitrogen and oxygen atoms in total. The third-order valence-electron chi connectivity index (χ3n) is 4.57. The SMILES string of the molecule is Cc1ccc(C2=NS(=O)(=O)N(C)C(C(=O)NCCN3CCOCC3)=C2)cc1. The molecule has 1 N–H and O–H groups in total. The zero-order valence-electron chi connectivity index (χ0n) is 15.5. The van der Waals surface area contributed by atoms with E-state index in [0.29, 0.717) is 31.9 Å². The Kier molecular flexibility index (Phi) is 5.93. The zero-order chi connectivity index (χ0) is 19.4. The molecule has 2 heterocycles. The summed E-state index contributed by atoms with van der Waals surface area (Å²) in [5.41, 5.74) is 2.02. The van der Waals surface area contributed by atoms with Gasteiger partial charge in [0.25, 0.3) is 5.91 Å². The van der Waals surface area contributed by atoms with Crippen LogP contribution in [0.3, 0.4) is 0 Å². The molecule has 1 fully saturated rings. The highest BCUT2D eigenvalue weighted by Crippen LogP contribution is 2.19. The molecule has 1 amide bonds. The number of carbonyl (C=O) groups is 1. The predicted molar refractivity (Wildman–Crippen MR) is 103 cm³/mol. The second kappa shape index (κ2) is 8.20. The van der Waals surface area contributed by atoms with Crippen LogP contribution in [0.15, 0.2) is 40.4 Å². The maximum atomic E-state index is 12.6. The maximum absolute atomic E-state index is 12.6. The summed E-state index contributed by atoms with van der Waals surface area (Å²) in [7, 11) is -2.61. The summed E-state index contributed by atoms with van der Waals surface area (Å²) in [5, 5.41) is 2.80. The van der Waals surface area contributed by atoms with Gasteiger partial charge in [-0.25, -0.2) is 4.31 Å². The van der Waals surface area contributed by atoms with Gasteiger partial charge in [-0.05, 0) is 13.0 Å². The smallest absolute Gasteiger partial charge is 0.345 e. The summed E-state index contributed by atoms with van der Waals surface area (Å²) in [4.78, 5) is 14.8. The first kappa shape index (κ1) is 19.5. The number of amides is 1. The highest BCUT2D eigenvalue weighted by atomic mass is 32.2. The van der Waals surface area contributed by atoms with Crippen molar-refractivity contribution < 1.29 is 17.9 Å². The quantitative estimate of drug-likeness (QED) is 0.779. The van der Waals surface area contributed by atoms with E-state index in [1.807, 2.05) is 19.1 Å². The molecule has 0 saturated carbocycles. The molecule has 0 atom stereocenters. The third kappa shape index (κ3) is 4.74. The highest BCUT2D eigenvalue weighted by molar-refractivity contribution is 7.88. The Labute approximate surface area is 159 Å². The van der Waals surface area contributed by atoms with Crippen LogP contribution >= 0.6 is 0 Å². The zero-order valence-corrected chi connectivity index (χ0v) is 16.3. The van der Waals surface area contributed by atoms with Crippen molar-refractivity contribution in [2.75, 3.05) is 46.4 Å². The van der Waals surface area contributed by atoms with Gasteiger partial charge in [0.15, 0.2) is 0 Å². The number of nitrogens with zero attached hydrogens (tertiary/aromatic N) is 3. The Hall–Kier alpha value is -2.23. The second-order valence-corrected chi connectivity index (χ2v) is 8.15. The summed E-state index contributed by atoms with van der Waals surface area (Å²) < 4.78 is 34.8. The Morgan fingerprint density at radius 3 is 2.56 bits per heavy atom. The Bertz CT molecular complexity index is 856. The first-order valence-corrected chi connectivity index (χ1v) is 10.2. The molecule has 0 bridgehead atoms. The fourth-order valence-electron chi connectivity index (χ4n) is 2.87. The van der Waals surface area contributed by atoms with Crippen molar-refractivity contribution in [3.63, 3.8) is 0 Å². The van der Waals surface area contributed by atoms with Gasteiger partial charge in [-0.2, -0.15) is 8.42 Å². The summed E-state index contributed by atoms with van der Waals surface area (Å²) in [6, 6.07) is 7.33. The third-order valence-corrected chi connectivity index (χ3v) is 5.89. The number of hydrogen-bond acceptors (Lipinski definition) is 5. The lowest BCUT2D eigenvalue weighted by Crippen LogP contribution is -2.43. The molecule has 0 aliphatic carbocycles. The van der Waals surface area contributed by atoms with Crippen LogP contribution < -0.4 is 5.32 Å². The van der Waals surface area contributed by atoms with E-state index in [-0.39, 0.29) is 11.4 Å². The molecule has 9 heteroatoms. The molecular formula is C18H24N4O4S. The van der Waals surface area contributed by atoms with Crippen LogP contribution in [0.1, 0.15) is 11.1 Å². The first-order chi connectivity index (χ1) is 12.9. The highest BCUT2D eigenvalue weighted by Gasteiger charge is 2.29. The lowest BCUT2D eigenvalue weighted by atomic mass is 10.1. The topological polar surface area (TPSA) is 91.3 Å². The first-order valence-electron chi connectivity index (χ1n) is 8.83. The molecule has 0 spiro atoms. The minimum atomic E-state index is -3.94. The van der Waals surface area contributed by atoms with Crippen LogP contribution in [0, 0.1) is 6.92 Å². The van der Waals surface area contributed by atoms with E-state index in [2.05, 4.69) is 14.6 Å². The number of allylic oxidation sites excluding steroid dienone is 1. The van der Waals surface area contributed by atoms with Gasteiger partial charge in [0.1, 0.15) is 5.70 Å². The molecule has 2 aliphatic rings. The molecule has 0 radical (unpaired) electrons. The van der Waals surface area contributed by atoms with Crippen LogP contribution in [0.5, 0.6) is 0 Å². The number of morpholine rings is 1. The number of aryl methyl sites for hydroxylation is 1. The van der Waals surface area contributed by atoms with E-state index >= 15 is 0 Å². The van der Waals surface area contributed by atoms with Gasteiger partial charge in [-0.1, -0.05) is 29.8 Å². The van der Waals surface area contributed by atoms with Gasteiger partial charge in [0.2, 0.25) is 0 Å². The van der Waals surface area contributed by atoms with Gasteiger partial charge in [-0.15, -0.1) is 4.40 Å². The standard InChI is InChI=1S/C18H24N4O4S/c1-14-3-5-15(6-4-14)16-13-17(21(2)27(24,25)20-16)18(23)19-7-8-22-9-11-26-12-10-22/h3-6,13H,7-12H2,1-2H3,(H,19,23).